The number of nitrogens with one attached hydrogen (secondary N) is 2. The molecule has 0 aromatic heterocycles. The second-order valence-electron chi connectivity index (χ2n) is 5.15. The highest BCUT2D eigenvalue weighted by Crippen LogP contribution is 1.99. The van der Waals surface area contributed by atoms with Gasteiger partial charge in [0.1, 0.15) is 14.2 Å². The van der Waals surface area contributed by atoms with Crippen LogP contribution in [0.15, 0.2) is 10.6 Å². The van der Waals surface area contributed by atoms with Gasteiger partial charge in [-0.15, -0.1) is 10.0 Å². The summed E-state index contributed by atoms with van der Waals surface area (Å²) in [6, 6.07) is 0. The molecule has 1 saturated heterocycles. The number of hydrogen-bond donors (Lipinski definition) is 2. The summed E-state index contributed by atoms with van der Waals surface area (Å²) in [6.07, 6.45) is 1.53. The minimum absolute atomic E-state index is 0.433. The molecule has 0 bridgehead atoms. The van der Waals surface area contributed by atoms with Gasteiger partial charge in [0.25, 0.3) is 0 Å². The summed E-state index contributed by atoms with van der Waals surface area (Å²) < 4.78 is 0. The van der Waals surface area contributed by atoms with Gasteiger partial charge in [-0.25, -0.2) is 0 Å². The van der Waals surface area contributed by atoms with E-state index in [0.717, 1.165) is 19.5 Å². The lowest BCUT2D eigenvalue weighted by Crippen LogP contribution is -2.42. The Kier molecular flexibility index (Phi) is 10.3. The molecule has 1 heterocycles. The molecule has 1 fully saturated rings. The van der Waals surface area contributed by atoms with Crippen LogP contribution >= 0.6 is 0 Å². The van der Waals surface area contributed by atoms with Gasteiger partial charge in [-0.1, -0.05) is 0 Å². The topological polar surface area (TPSA) is 126 Å². The maximum Gasteiger partial charge on any atom is 0.232 e. The van der Waals surface area contributed by atoms with Gasteiger partial charge in [0.05, 0.1) is 36.1 Å². The Bertz CT molecular complexity index is 361. The van der Waals surface area contributed by atoms with Crippen LogP contribution in [0.4, 0.5) is 0 Å². The zero-order chi connectivity index (χ0) is 17.6. The van der Waals surface area contributed by atoms with Gasteiger partial charge in [0, 0.05) is 13.1 Å². The van der Waals surface area contributed by atoms with E-state index in [-0.39, 0.29) is 0 Å². The third-order valence-electron chi connectivity index (χ3n) is 3.42. The van der Waals surface area contributed by atoms with Crippen molar-refractivity contribution in [1.82, 2.24) is 20.7 Å². The average Bonchev–Trinajstić information content (AvgIpc) is 2.56. The summed E-state index contributed by atoms with van der Waals surface area (Å²) in [4.78, 5) is 9.93. The van der Waals surface area contributed by atoms with Crippen LogP contribution in [0.3, 0.4) is 0 Å². The summed E-state index contributed by atoms with van der Waals surface area (Å²) in [7, 11) is 2.65. The van der Waals surface area contributed by atoms with Crippen molar-refractivity contribution >= 4 is 0 Å². The molecule has 0 aromatic rings. The van der Waals surface area contributed by atoms with E-state index >= 15 is 0 Å². The Balaban J connectivity index is 2.67. The Morgan fingerprint density at radius 1 is 0.750 bits per heavy atom. The molecule has 12 nitrogen and oxygen atoms in total. The third kappa shape index (κ3) is 7.97. The molecule has 2 N–H and O–H groups in total. The molecule has 12 heteroatoms. The molecule has 24 heavy (non-hydrogen) atoms. The number of hydrogen-bond acceptors (Lipinski definition) is 8. The zero-order valence-electron chi connectivity index (χ0n) is 14.4. The minimum Gasteiger partial charge on any atom is -0.569 e. The van der Waals surface area contributed by atoms with E-state index in [4.69, 9.17) is 0 Å². The van der Waals surface area contributed by atoms with Crippen molar-refractivity contribution in [1.29, 1.82) is 0 Å². The molecular weight excluding hydrogens is 320 g/mol. The average molecular weight is 348 g/mol. The van der Waals surface area contributed by atoms with Crippen LogP contribution in [0.25, 0.3) is 0 Å². The van der Waals surface area contributed by atoms with Crippen LogP contribution in [-0.2, 0) is 9.68 Å². The van der Waals surface area contributed by atoms with Gasteiger partial charge in [-0.05, 0) is 25.9 Å². The van der Waals surface area contributed by atoms with Gasteiger partial charge in [0.2, 0.25) is 10.6 Å². The highest BCUT2D eigenvalue weighted by atomic mass is 16.7. The molecule has 0 aliphatic carbocycles. The Labute approximate surface area is 141 Å². The summed E-state index contributed by atoms with van der Waals surface area (Å²) >= 11 is 0. The van der Waals surface area contributed by atoms with Crippen LogP contribution in [0.5, 0.6) is 0 Å². The molecule has 0 spiro atoms. The summed E-state index contributed by atoms with van der Waals surface area (Å²) in [5.74, 6) is 0. The predicted molar refractivity (Wildman–Crippen MR) is 84.2 cm³/mol. The van der Waals surface area contributed by atoms with E-state index in [1.54, 1.807) is 0 Å². The number of nitrogens with zero attached hydrogens (tertiary/aromatic N) is 6. The first-order valence-corrected chi connectivity index (χ1v) is 8.03. The summed E-state index contributed by atoms with van der Waals surface area (Å²) in [5.41, 5.74) is 0. The highest BCUT2D eigenvalue weighted by Gasteiger charge is 2.17. The maximum atomic E-state index is 11.8. The molecule has 0 radical (unpaired) electrons. The molecule has 0 unspecified atom stereocenters. The Morgan fingerprint density at radius 3 is 1.62 bits per heavy atom. The first-order valence-electron chi connectivity index (χ1n) is 8.03. The second-order valence-corrected chi connectivity index (χ2v) is 5.15. The second kappa shape index (κ2) is 12.4. The highest BCUT2D eigenvalue weighted by molar-refractivity contribution is 4.58. The van der Waals surface area contributed by atoms with Gasteiger partial charge in [-0.2, -0.15) is 0 Å². The maximum absolute atomic E-state index is 11.8. The van der Waals surface area contributed by atoms with Crippen LogP contribution < -0.4 is 10.6 Å². The first-order chi connectivity index (χ1) is 11.7. The fraction of sp³-hybridized carbons (Fsp3) is 1.00. The van der Waals surface area contributed by atoms with Crippen molar-refractivity contribution < 1.29 is 19.6 Å². The summed E-state index contributed by atoms with van der Waals surface area (Å²) in [5, 5.41) is 40.0. The van der Waals surface area contributed by atoms with E-state index in [1.807, 2.05) is 0 Å². The van der Waals surface area contributed by atoms with Crippen LogP contribution in [0.2, 0.25) is 0 Å². The van der Waals surface area contributed by atoms with E-state index < -0.39 is 0 Å². The fourth-order valence-electron chi connectivity index (χ4n) is 2.25. The minimum atomic E-state index is 0.433. The first kappa shape index (κ1) is 20.0. The van der Waals surface area contributed by atoms with Gasteiger partial charge < -0.3 is 30.7 Å². The Morgan fingerprint density at radius 2 is 1.21 bits per heavy atom. The molecule has 0 atom stereocenters. The molecule has 1 rings (SSSR count). The van der Waals surface area contributed by atoms with E-state index in [1.165, 1.54) is 24.2 Å². The summed E-state index contributed by atoms with van der Waals surface area (Å²) in [6.45, 7) is 4.87. The normalized spacial score (nSPS) is 20.4. The Hall–Kier alpha value is -2.08. The fourth-order valence-corrected chi connectivity index (χ4v) is 2.25. The molecule has 1 aliphatic heterocycles. The van der Waals surface area contributed by atoms with Gasteiger partial charge in [0.15, 0.2) is 0 Å². The van der Waals surface area contributed by atoms with Crippen LogP contribution in [0, 0.1) is 10.4 Å². The van der Waals surface area contributed by atoms with Crippen LogP contribution in [0.1, 0.15) is 12.8 Å². The molecular formula is C12H28N8O4. The van der Waals surface area contributed by atoms with Crippen molar-refractivity contribution in [3.63, 3.8) is 0 Å². The van der Waals surface area contributed by atoms with Crippen LogP contribution in [-0.4, -0.2) is 86.5 Å². The zero-order valence-corrected chi connectivity index (χ0v) is 14.4. The van der Waals surface area contributed by atoms with E-state index in [0.29, 0.717) is 55.6 Å². The lowest BCUT2D eigenvalue weighted by atomic mass is 10.3. The smallest absolute Gasteiger partial charge is 0.232 e. The predicted octanol–water partition coefficient (Wildman–Crippen LogP) is -0.559. The molecule has 0 amide bonds. The molecule has 1 aliphatic rings. The number of rotatable bonds is 4. The quantitative estimate of drug-likeness (QED) is 0.393. The van der Waals surface area contributed by atoms with E-state index in [9.17, 15) is 10.4 Å². The van der Waals surface area contributed by atoms with Crippen molar-refractivity contribution in [2.45, 2.75) is 12.8 Å². The monoisotopic (exact) mass is 348 g/mol. The lowest BCUT2D eigenvalue weighted by Gasteiger charge is -2.22. The van der Waals surface area contributed by atoms with Crippen molar-refractivity contribution in [2.24, 2.45) is 10.6 Å². The van der Waals surface area contributed by atoms with Gasteiger partial charge >= 0.3 is 0 Å². The number of hydrazine groups is 2. The SMILES string of the molecule is CO/N=[N+](\[O-])N1CCCN(/[N+]([O-])=N/OC)CCNCCCNCC1. The molecule has 0 saturated carbocycles. The van der Waals surface area contributed by atoms with Crippen molar-refractivity contribution in [3.05, 3.63) is 10.4 Å². The molecule has 140 valence electrons. The standard InChI is InChI=1S/C12H28N8O4/c1-23-15-19(21)17-9-4-10-18(20(22)16-24-2)12-8-14-6-3-5-13-7-11-17/h13-14H,3-12H2,1-2H3/b19-15-,20-16-. The van der Waals surface area contributed by atoms with Crippen molar-refractivity contribution in [2.75, 3.05) is 66.6 Å². The van der Waals surface area contributed by atoms with Gasteiger partial charge in [-0.3, -0.25) is 0 Å². The van der Waals surface area contributed by atoms with Crippen molar-refractivity contribution in [3.8, 4) is 0 Å². The lowest BCUT2D eigenvalue weighted by molar-refractivity contribution is -0.715. The third-order valence-corrected chi connectivity index (χ3v) is 3.42. The largest absolute Gasteiger partial charge is 0.569 e. The molecule has 0 aromatic carbocycles. The van der Waals surface area contributed by atoms with E-state index in [2.05, 4.69) is 30.9 Å².